The molecule has 0 radical (unpaired) electrons. The van der Waals surface area contributed by atoms with Gasteiger partial charge in [0, 0.05) is 6.04 Å². The highest BCUT2D eigenvalue weighted by Crippen LogP contribution is 2.29. The summed E-state index contributed by atoms with van der Waals surface area (Å²) >= 11 is 1.57. The average Bonchev–Trinajstić information content (AvgIpc) is 2.82. The Morgan fingerprint density at radius 3 is 2.56 bits per heavy atom. The second-order valence-electron chi connectivity index (χ2n) is 5.18. The highest BCUT2D eigenvalue weighted by atomic mass is 32.1. The summed E-state index contributed by atoms with van der Waals surface area (Å²) < 4.78 is 4.15. The maximum absolute atomic E-state index is 4.30. The molecule has 1 unspecified atom stereocenters. The fourth-order valence-corrected chi connectivity index (χ4v) is 3.00. The van der Waals surface area contributed by atoms with E-state index < -0.39 is 0 Å². The van der Waals surface area contributed by atoms with Gasteiger partial charge in [0.15, 0.2) is 0 Å². The van der Waals surface area contributed by atoms with Gasteiger partial charge in [-0.15, -0.1) is 5.10 Å². The van der Waals surface area contributed by atoms with Gasteiger partial charge in [0.2, 0.25) is 0 Å². The van der Waals surface area contributed by atoms with Crippen LogP contribution in [0.4, 0.5) is 0 Å². The number of unbranched alkanes of at least 4 members (excludes halogenated alkanes) is 2. The molecule has 0 aliphatic carbocycles. The molecule has 1 aromatic rings. The van der Waals surface area contributed by atoms with Gasteiger partial charge in [0.25, 0.3) is 0 Å². The molecule has 0 aliphatic heterocycles. The molecule has 0 saturated heterocycles. The van der Waals surface area contributed by atoms with Crippen molar-refractivity contribution in [3.05, 3.63) is 10.6 Å². The molecule has 0 amide bonds. The largest absolute Gasteiger partial charge is 0.309 e. The normalized spacial score (nSPS) is 13.2. The quantitative estimate of drug-likeness (QED) is 0.680. The second kappa shape index (κ2) is 8.59. The van der Waals surface area contributed by atoms with Gasteiger partial charge in [-0.05, 0) is 36.8 Å². The molecule has 1 N–H and O–H groups in total. The minimum Gasteiger partial charge on any atom is -0.309 e. The summed E-state index contributed by atoms with van der Waals surface area (Å²) in [5.41, 5.74) is 1.19. The van der Waals surface area contributed by atoms with Crippen LogP contribution in [0.15, 0.2) is 0 Å². The van der Waals surface area contributed by atoms with Gasteiger partial charge < -0.3 is 5.32 Å². The van der Waals surface area contributed by atoms with Crippen molar-refractivity contribution in [3.8, 4) is 0 Å². The van der Waals surface area contributed by atoms with Crippen LogP contribution in [0.1, 0.15) is 82.3 Å². The van der Waals surface area contributed by atoms with E-state index in [4.69, 9.17) is 0 Å². The highest BCUT2D eigenvalue weighted by Gasteiger charge is 2.20. The number of nitrogens with zero attached hydrogens (tertiary/aromatic N) is 2. The van der Waals surface area contributed by atoms with Gasteiger partial charge in [-0.2, -0.15) is 0 Å². The first-order valence-corrected chi connectivity index (χ1v) is 8.03. The summed E-state index contributed by atoms with van der Waals surface area (Å²) in [5, 5.41) is 7.96. The van der Waals surface area contributed by atoms with E-state index in [0.717, 1.165) is 6.54 Å². The minimum absolute atomic E-state index is 0.453. The number of hydrogen-bond donors (Lipinski definition) is 1. The van der Waals surface area contributed by atoms with Gasteiger partial charge >= 0.3 is 0 Å². The number of rotatable bonds is 9. The minimum atomic E-state index is 0.453. The molecule has 104 valence electrons. The van der Waals surface area contributed by atoms with Crippen molar-refractivity contribution < 1.29 is 0 Å². The lowest BCUT2D eigenvalue weighted by Crippen LogP contribution is -2.22. The lowest BCUT2D eigenvalue weighted by Gasteiger charge is -2.18. The van der Waals surface area contributed by atoms with E-state index in [-0.39, 0.29) is 0 Å². The Kier molecular flexibility index (Phi) is 7.44. The van der Waals surface area contributed by atoms with E-state index in [0.29, 0.717) is 12.0 Å². The number of nitrogens with one attached hydrogen (secondary N) is 1. The molecule has 0 fully saturated rings. The van der Waals surface area contributed by atoms with Gasteiger partial charge in [-0.25, -0.2) is 0 Å². The molecule has 3 nitrogen and oxygen atoms in total. The van der Waals surface area contributed by atoms with Crippen LogP contribution in [0.2, 0.25) is 0 Å². The SMILES string of the molecule is CCCCCC(NCCC)c1snnc1C(C)C. The zero-order chi connectivity index (χ0) is 13.4. The summed E-state index contributed by atoms with van der Waals surface area (Å²) in [6, 6.07) is 0.453. The van der Waals surface area contributed by atoms with Crippen LogP contribution in [0.3, 0.4) is 0 Å². The topological polar surface area (TPSA) is 37.8 Å². The molecule has 4 heteroatoms. The van der Waals surface area contributed by atoms with Crippen LogP contribution in [0.25, 0.3) is 0 Å². The maximum Gasteiger partial charge on any atom is 0.0829 e. The third kappa shape index (κ3) is 4.65. The van der Waals surface area contributed by atoms with E-state index >= 15 is 0 Å². The van der Waals surface area contributed by atoms with Crippen LogP contribution in [-0.4, -0.2) is 16.1 Å². The smallest absolute Gasteiger partial charge is 0.0829 e. The zero-order valence-corrected chi connectivity index (χ0v) is 13.0. The summed E-state index contributed by atoms with van der Waals surface area (Å²) in [5.74, 6) is 0.468. The Labute approximate surface area is 116 Å². The zero-order valence-electron chi connectivity index (χ0n) is 12.2. The van der Waals surface area contributed by atoms with E-state index in [2.05, 4.69) is 42.6 Å². The predicted octanol–water partition coefficient (Wildman–Crippen LogP) is 4.28. The third-order valence-electron chi connectivity index (χ3n) is 3.14. The number of hydrogen-bond acceptors (Lipinski definition) is 4. The fraction of sp³-hybridized carbons (Fsp3) is 0.857. The van der Waals surface area contributed by atoms with E-state index in [9.17, 15) is 0 Å². The lowest BCUT2D eigenvalue weighted by molar-refractivity contribution is 0.475. The Bertz CT molecular complexity index is 323. The predicted molar refractivity (Wildman–Crippen MR) is 79.2 cm³/mol. The van der Waals surface area contributed by atoms with Crippen molar-refractivity contribution in [2.45, 2.75) is 71.8 Å². The standard InChI is InChI=1S/C14H27N3S/c1-5-7-8-9-12(15-10-6-2)14-13(11(3)4)16-17-18-14/h11-12,15H,5-10H2,1-4H3. The Morgan fingerprint density at radius 1 is 1.17 bits per heavy atom. The molecular weight excluding hydrogens is 242 g/mol. The van der Waals surface area contributed by atoms with Gasteiger partial charge in [-0.3, -0.25) is 0 Å². The van der Waals surface area contributed by atoms with Crippen molar-refractivity contribution in [1.82, 2.24) is 14.9 Å². The molecule has 1 aromatic heterocycles. The Hall–Kier alpha value is -0.480. The Balaban J connectivity index is 2.70. The van der Waals surface area contributed by atoms with Crippen molar-refractivity contribution in [2.24, 2.45) is 0 Å². The average molecular weight is 269 g/mol. The monoisotopic (exact) mass is 269 g/mol. The number of aromatic nitrogens is 2. The van der Waals surface area contributed by atoms with Crippen LogP contribution >= 0.6 is 11.5 Å². The van der Waals surface area contributed by atoms with E-state index in [1.54, 1.807) is 11.5 Å². The van der Waals surface area contributed by atoms with Crippen LogP contribution < -0.4 is 5.32 Å². The van der Waals surface area contributed by atoms with Crippen molar-refractivity contribution in [1.29, 1.82) is 0 Å². The second-order valence-corrected chi connectivity index (χ2v) is 5.97. The summed E-state index contributed by atoms with van der Waals surface area (Å²) in [7, 11) is 0. The van der Waals surface area contributed by atoms with Gasteiger partial charge in [0.05, 0.1) is 10.6 Å². The fourth-order valence-electron chi connectivity index (χ4n) is 2.09. The first-order valence-electron chi connectivity index (χ1n) is 7.26. The molecule has 18 heavy (non-hydrogen) atoms. The Morgan fingerprint density at radius 2 is 1.94 bits per heavy atom. The van der Waals surface area contributed by atoms with Crippen molar-refractivity contribution in [2.75, 3.05) is 6.54 Å². The van der Waals surface area contributed by atoms with Crippen LogP contribution in [0.5, 0.6) is 0 Å². The summed E-state index contributed by atoms with van der Waals surface area (Å²) in [6.45, 7) is 9.94. The van der Waals surface area contributed by atoms with E-state index in [1.807, 2.05) is 0 Å². The summed E-state index contributed by atoms with van der Waals surface area (Å²) in [4.78, 5) is 1.36. The third-order valence-corrected chi connectivity index (χ3v) is 3.99. The molecule has 0 aliphatic rings. The first-order chi connectivity index (χ1) is 8.70. The molecule has 1 heterocycles. The van der Waals surface area contributed by atoms with E-state index in [1.165, 1.54) is 42.7 Å². The van der Waals surface area contributed by atoms with Gasteiger partial charge in [0.1, 0.15) is 0 Å². The maximum atomic E-state index is 4.30. The lowest BCUT2D eigenvalue weighted by atomic mass is 10.0. The molecule has 0 aromatic carbocycles. The first kappa shape index (κ1) is 15.6. The van der Waals surface area contributed by atoms with Crippen LogP contribution in [0, 0.1) is 0 Å². The molecular formula is C14H27N3S. The summed E-state index contributed by atoms with van der Waals surface area (Å²) in [6.07, 6.45) is 6.25. The van der Waals surface area contributed by atoms with Gasteiger partial charge in [-0.1, -0.05) is 51.4 Å². The molecule has 0 saturated carbocycles. The van der Waals surface area contributed by atoms with Crippen molar-refractivity contribution >= 4 is 11.5 Å². The molecule has 0 bridgehead atoms. The highest BCUT2D eigenvalue weighted by molar-refractivity contribution is 7.05. The van der Waals surface area contributed by atoms with Crippen molar-refractivity contribution in [3.63, 3.8) is 0 Å². The molecule has 0 spiro atoms. The molecule has 1 rings (SSSR count). The molecule has 1 atom stereocenters. The van der Waals surface area contributed by atoms with Crippen LogP contribution in [-0.2, 0) is 0 Å².